The minimum absolute atomic E-state index is 0.0503. The topological polar surface area (TPSA) is 46.2 Å². The first-order chi connectivity index (χ1) is 6.26. The molecule has 0 bridgehead atoms. The van der Waals surface area contributed by atoms with Crippen LogP contribution >= 0.6 is 0 Å². The van der Waals surface area contributed by atoms with Crippen molar-refractivity contribution in [2.45, 2.75) is 43.5 Å². The first-order valence-electron chi connectivity index (χ1n) is 4.50. The highest BCUT2D eigenvalue weighted by atomic mass is 19.4. The molecule has 2 unspecified atom stereocenters. The molecule has 1 rings (SSSR count). The van der Waals surface area contributed by atoms with Gasteiger partial charge in [-0.25, -0.2) is 0 Å². The van der Waals surface area contributed by atoms with Crippen LogP contribution in [-0.4, -0.2) is 22.9 Å². The van der Waals surface area contributed by atoms with Crippen molar-refractivity contribution in [1.82, 2.24) is 0 Å². The molecule has 14 heavy (non-hydrogen) atoms. The molecule has 1 aliphatic rings. The molecule has 1 aliphatic carbocycles. The fraction of sp³-hybridized carbons (Fsp3) is 0.778. The summed E-state index contributed by atoms with van der Waals surface area (Å²) in [5, 5.41) is 9.75. The molecular weight excluding hydrogens is 195 g/mol. The fourth-order valence-electron chi connectivity index (χ4n) is 1.83. The van der Waals surface area contributed by atoms with Gasteiger partial charge in [0, 0.05) is 6.04 Å². The molecule has 0 aromatic heterocycles. The van der Waals surface area contributed by atoms with Gasteiger partial charge in [0.25, 0.3) is 0 Å². The molecule has 82 valence electrons. The van der Waals surface area contributed by atoms with Gasteiger partial charge in [0.1, 0.15) is 0 Å². The highest BCUT2D eigenvalue weighted by molar-refractivity contribution is 5.19. The highest BCUT2D eigenvalue weighted by Gasteiger charge is 2.47. The van der Waals surface area contributed by atoms with Crippen molar-refractivity contribution in [3.8, 4) is 0 Å². The predicted octanol–water partition coefficient (Wildman–Crippen LogP) is 1.74. The van der Waals surface area contributed by atoms with E-state index in [2.05, 4.69) is 6.58 Å². The minimum Gasteiger partial charge on any atom is -0.385 e. The molecule has 0 aromatic carbocycles. The van der Waals surface area contributed by atoms with Crippen molar-refractivity contribution >= 4 is 0 Å². The lowest BCUT2D eigenvalue weighted by Crippen LogP contribution is -2.45. The molecule has 0 amide bonds. The van der Waals surface area contributed by atoms with Crippen LogP contribution in [0.1, 0.15) is 25.7 Å². The molecular formula is C9H14F3NO. The summed E-state index contributed by atoms with van der Waals surface area (Å²) in [4.78, 5) is 0. The first kappa shape index (κ1) is 11.5. The molecule has 0 aliphatic heterocycles. The Labute approximate surface area is 80.6 Å². The largest absolute Gasteiger partial charge is 0.414 e. The van der Waals surface area contributed by atoms with E-state index in [-0.39, 0.29) is 18.9 Å². The fourth-order valence-corrected chi connectivity index (χ4v) is 1.83. The van der Waals surface area contributed by atoms with Gasteiger partial charge in [-0.1, -0.05) is 6.58 Å². The summed E-state index contributed by atoms with van der Waals surface area (Å²) in [6.07, 6.45) is -3.32. The second-order valence-corrected chi connectivity index (χ2v) is 3.86. The smallest absolute Gasteiger partial charge is 0.385 e. The van der Waals surface area contributed by atoms with E-state index in [0.29, 0.717) is 12.8 Å². The summed E-state index contributed by atoms with van der Waals surface area (Å²) >= 11 is 0. The third-order valence-corrected chi connectivity index (χ3v) is 2.67. The number of nitrogens with two attached hydrogens (primary N) is 1. The molecule has 2 nitrogen and oxygen atoms in total. The van der Waals surface area contributed by atoms with Crippen molar-refractivity contribution < 1.29 is 18.3 Å². The number of hydrogen-bond acceptors (Lipinski definition) is 2. The molecule has 3 N–H and O–H groups in total. The maximum atomic E-state index is 12.3. The Bertz CT molecular complexity index is 239. The number of aliphatic hydroxyl groups is 1. The van der Waals surface area contributed by atoms with E-state index in [1.165, 1.54) is 0 Å². The summed E-state index contributed by atoms with van der Waals surface area (Å²) in [6.45, 7) is 2.93. The second-order valence-electron chi connectivity index (χ2n) is 3.86. The van der Waals surface area contributed by atoms with E-state index < -0.39 is 17.4 Å². The standard InChI is InChI=1S/C9H14F3NO/c1-6(9(10,11)12)8(14)4-2-3-7(13)5-8/h7,14H,1-5,13H2. The second kappa shape index (κ2) is 3.55. The van der Waals surface area contributed by atoms with Gasteiger partial charge in [-0.15, -0.1) is 0 Å². The Morgan fingerprint density at radius 2 is 2.07 bits per heavy atom. The molecule has 0 saturated heterocycles. The van der Waals surface area contributed by atoms with Crippen molar-refractivity contribution in [2.24, 2.45) is 5.73 Å². The zero-order valence-corrected chi connectivity index (χ0v) is 7.77. The summed E-state index contributed by atoms with van der Waals surface area (Å²) in [6, 6.07) is -0.368. The molecule has 1 saturated carbocycles. The van der Waals surface area contributed by atoms with Crippen LogP contribution in [0.3, 0.4) is 0 Å². The normalized spacial score (nSPS) is 34.2. The van der Waals surface area contributed by atoms with E-state index in [9.17, 15) is 18.3 Å². The van der Waals surface area contributed by atoms with Gasteiger partial charge in [0.05, 0.1) is 11.2 Å². The lowest BCUT2D eigenvalue weighted by Gasteiger charge is -2.37. The summed E-state index contributed by atoms with van der Waals surface area (Å²) in [5.74, 6) is 0. The van der Waals surface area contributed by atoms with Crippen LogP contribution in [0.5, 0.6) is 0 Å². The van der Waals surface area contributed by atoms with Crippen LogP contribution in [-0.2, 0) is 0 Å². The van der Waals surface area contributed by atoms with Gasteiger partial charge in [-0.2, -0.15) is 13.2 Å². The van der Waals surface area contributed by atoms with Crippen LogP contribution in [0.25, 0.3) is 0 Å². The van der Waals surface area contributed by atoms with Gasteiger partial charge in [-0.05, 0) is 25.7 Å². The van der Waals surface area contributed by atoms with E-state index in [0.717, 1.165) is 0 Å². The minimum atomic E-state index is -4.54. The first-order valence-corrected chi connectivity index (χ1v) is 4.50. The zero-order chi connectivity index (χ0) is 11.0. The number of hydrogen-bond donors (Lipinski definition) is 2. The van der Waals surface area contributed by atoms with Gasteiger partial charge >= 0.3 is 6.18 Å². The maximum absolute atomic E-state index is 12.3. The van der Waals surface area contributed by atoms with Gasteiger partial charge < -0.3 is 10.8 Å². The lowest BCUT2D eigenvalue weighted by atomic mass is 9.77. The Balaban J connectivity index is 2.79. The van der Waals surface area contributed by atoms with Crippen molar-refractivity contribution in [3.05, 3.63) is 12.2 Å². The van der Waals surface area contributed by atoms with Crippen LogP contribution < -0.4 is 5.73 Å². The molecule has 0 spiro atoms. The van der Waals surface area contributed by atoms with Crippen LogP contribution in [0, 0.1) is 0 Å². The summed E-state index contributed by atoms with van der Waals surface area (Å²) < 4.78 is 36.9. The van der Waals surface area contributed by atoms with Crippen LogP contribution in [0.4, 0.5) is 13.2 Å². The van der Waals surface area contributed by atoms with Gasteiger partial charge in [0.2, 0.25) is 0 Å². The molecule has 0 radical (unpaired) electrons. The molecule has 5 heteroatoms. The third-order valence-electron chi connectivity index (χ3n) is 2.67. The van der Waals surface area contributed by atoms with Crippen molar-refractivity contribution in [1.29, 1.82) is 0 Å². The summed E-state index contributed by atoms with van der Waals surface area (Å²) in [7, 11) is 0. The van der Waals surface area contributed by atoms with Crippen molar-refractivity contribution in [2.75, 3.05) is 0 Å². The van der Waals surface area contributed by atoms with Crippen LogP contribution in [0.15, 0.2) is 12.2 Å². The van der Waals surface area contributed by atoms with E-state index in [4.69, 9.17) is 5.73 Å². The van der Waals surface area contributed by atoms with Crippen molar-refractivity contribution in [3.63, 3.8) is 0 Å². The number of rotatable bonds is 1. The predicted molar refractivity (Wildman–Crippen MR) is 46.6 cm³/mol. The molecule has 0 aromatic rings. The SMILES string of the molecule is C=C(C(F)(F)F)C1(O)CCCC(N)C1. The number of alkyl halides is 3. The Kier molecular flexibility index (Phi) is 2.92. The third kappa shape index (κ3) is 2.27. The van der Waals surface area contributed by atoms with E-state index >= 15 is 0 Å². The highest BCUT2D eigenvalue weighted by Crippen LogP contribution is 2.40. The maximum Gasteiger partial charge on any atom is 0.414 e. The average Bonchev–Trinajstić information content (AvgIpc) is 2.01. The number of halogens is 3. The molecule has 1 fully saturated rings. The Morgan fingerprint density at radius 3 is 2.50 bits per heavy atom. The Hall–Kier alpha value is -0.550. The van der Waals surface area contributed by atoms with Gasteiger partial charge in [0.15, 0.2) is 0 Å². The summed E-state index contributed by atoms with van der Waals surface area (Å²) in [5.41, 5.74) is 2.60. The quantitative estimate of drug-likeness (QED) is 0.646. The van der Waals surface area contributed by atoms with Gasteiger partial charge in [-0.3, -0.25) is 0 Å². The molecule has 2 atom stereocenters. The van der Waals surface area contributed by atoms with Crippen LogP contribution in [0.2, 0.25) is 0 Å². The van der Waals surface area contributed by atoms with E-state index in [1.807, 2.05) is 0 Å². The Morgan fingerprint density at radius 1 is 1.50 bits per heavy atom. The molecule has 0 heterocycles. The van der Waals surface area contributed by atoms with E-state index in [1.54, 1.807) is 0 Å². The zero-order valence-electron chi connectivity index (χ0n) is 7.77. The monoisotopic (exact) mass is 209 g/mol. The lowest BCUT2D eigenvalue weighted by molar-refractivity contribution is -0.126. The average molecular weight is 209 g/mol.